The van der Waals surface area contributed by atoms with E-state index in [1.165, 1.54) is 22.7 Å². The fourth-order valence-corrected chi connectivity index (χ4v) is 3.15. The third-order valence-electron chi connectivity index (χ3n) is 2.27. The van der Waals surface area contributed by atoms with Crippen molar-refractivity contribution in [3.8, 4) is 0 Å². The maximum absolute atomic E-state index is 12.2. The van der Waals surface area contributed by atoms with E-state index in [0.717, 1.165) is 4.70 Å². The van der Waals surface area contributed by atoms with Crippen LogP contribution in [0.2, 0.25) is 5.28 Å². The zero-order valence-electron chi connectivity index (χ0n) is 8.38. The molecule has 0 amide bonds. The van der Waals surface area contributed by atoms with Gasteiger partial charge in [0.15, 0.2) is 0 Å². The minimum atomic E-state index is -0.108. The summed E-state index contributed by atoms with van der Waals surface area (Å²) in [5.41, 5.74) is 1.74. The summed E-state index contributed by atoms with van der Waals surface area (Å²) in [5.74, 6) is -0.108. The fraction of sp³-hybridized carbons (Fsp3) is 0. The van der Waals surface area contributed by atoms with E-state index in [1.807, 2.05) is 16.8 Å². The van der Waals surface area contributed by atoms with Gasteiger partial charge in [-0.25, -0.2) is 9.97 Å². The normalized spacial score (nSPS) is 10.9. The zero-order chi connectivity index (χ0) is 11.8. The van der Waals surface area contributed by atoms with Crippen LogP contribution >= 0.6 is 34.3 Å². The van der Waals surface area contributed by atoms with E-state index >= 15 is 0 Å². The van der Waals surface area contributed by atoms with Gasteiger partial charge in [-0.1, -0.05) is 0 Å². The summed E-state index contributed by atoms with van der Waals surface area (Å²) in [6, 6.07) is 3.61. The van der Waals surface area contributed by atoms with Crippen molar-refractivity contribution in [2.45, 2.75) is 0 Å². The first kappa shape index (κ1) is 10.8. The summed E-state index contributed by atoms with van der Waals surface area (Å²) >= 11 is 8.75. The third-order valence-corrected chi connectivity index (χ3v) is 4.04. The van der Waals surface area contributed by atoms with Gasteiger partial charge in [-0.3, -0.25) is 4.79 Å². The molecule has 0 aromatic carbocycles. The second-order valence-corrected chi connectivity index (χ2v) is 5.35. The molecule has 0 saturated carbocycles. The predicted molar refractivity (Wildman–Crippen MR) is 70.2 cm³/mol. The average Bonchev–Trinajstić information content (AvgIpc) is 2.97. The highest BCUT2D eigenvalue weighted by molar-refractivity contribution is 7.17. The van der Waals surface area contributed by atoms with Crippen molar-refractivity contribution in [3.05, 3.63) is 44.8 Å². The lowest BCUT2D eigenvalue weighted by atomic mass is 10.1. The van der Waals surface area contributed by atoms with Crippen LogP contribution in [0.3, 0.4) is 0 Å². The summed E-state index contributed by atoms with van der Waals surface area (Å²) in [4.78, 5) is 20.4. The highest BCUT2D eigenvalue weighted by Crippen LogP contribution is 2.25. The Morgan fingerprint density at radius 1 is 1.24 bits per heavy atom. The predicted octanol–water partition coefficient (Wildman–Crippen LogP) is 3.64. The van der Waals surface area contributed by atoms with Crippen molar-refractivity contribution in [2.24, 2.45) is 0 Å². The number of carbonyl (C=O) groups excluding carboxylic acids is 1. The molecule has 84 valence electrons. The molecule has 0 fully saturated rings. The fourth-order valence-electron chi connectivity index (χ4n) is 1.52. The van der Waals surface area contributed by atoms with Gasteiger partial charge in [0, 0.05) is 10.9 Å². The smallest absolute Gasteiger partial charge is 0.223 e. The minimum Gasteiger partial charge on any atom is -0.287 e. The lowest BCUT2D eigenvalue weighted by Gasteiger charge is -2.00. The number of rotatable bonds is 2. The number of nitrogens with zero attached hydrogens (tertiary/aromatic N) is 2. The monoisotopic (exact) mass is 280 g/mol. The van der Waals surface area contributed by atoms with Gasteiger partial charge in [0.25, 0.3) is 0 Å². The molecule has 0 N–H and O–H groups in total. The molecule has 0 bridgehead atoms. The number of halogens is 1. The minimum absolute atomic E-state index is 0.106. The highest BCUT2D eigenvalue weighted by Gasteiger charge is 2.17. The largest absolute Gasteiger partial charge is 0.287 e. The first-order valence-corrected chi connectivity index (χ1v) is 6.93. The summed E-state index contributed by atoms with van der Waals surface area (Å²) in [5, 5.41) is 5.65. The first-order chi connectivity index (χ1) is 8.25. The van der Waals surface area contributed by atoms with E-state index in [2.05, 4.69) is 9.97 Å². The quantitative estimate of drug-likeness (QED) is 0.532. The van der Waals surface area contributed by atoms with Gasteiger partial charge in [-0.2, -0.15) is 11.3 Å². The van der Waals surface area contributed by atoms with Crippen molar-refractivity contribution in [1.29, 1.82) is 0 Å². The maximum Gasteiger partial charge on any atom is 0.223 e. The first-order valence-electron chi connectivity index (χ1n) is 4.73. The Bertz CT molecular complexity index is 691. The molecule has 0 radical (unpaired) electrons. The molecule has 3 rings (SSSR count). The molecule has 3 aromatic rings. The molecule has 0 spiro atoms. The van der Waals surface area contributed by atoms with Crippen LogP contribution in [0.25, 0.3) is 10.2 Å². The third kappa shape index (κ3) is 1.86. The van der Waals surface area contributed by atoms with E-state index in [0.29, 0.717) is 16.8 Å². The lowest BCUT2D eigenvalue weighted by molar-refractivity contribution is 0.103. The van der Waals surface area contributed by atoms with Gasteiger partial charge in [0.1, 0.15) is 5.69 Å². The van der Waals surface area contributed by atoms with E-state index in [4.69, 9.17) is 11.6 Å². The van der Waals surface area contributed by atoms with Crippen molar-refractivity contribution >= 4 is 50.3 Å². The summed E-state index contributed by atoms with van der Waals surface area (Å²) in [6.45, 7) is 0. The van der Waals surface area contributed by atoms with Gasteiger partial charge >= 0.3 is 0 Å². The molecule has 0 aliphatic heterocycles. The van der Waals surface area contributed by atoms with Crippen molar-refractivity contribution in [3.63, 3.8) is 0 Å². The van der Waals surface area contributed by atoms with Crippen LogP contribution in [-0.4, -0.2) is 15.8 Å². The van der Waals surface area contributed by atoms with Crippen LogP contribution in [0.4, 0.5) is 0 Å². The Hall–Kier alpha value is -1.30. The molecule has 0 aliphatic carbocycles. The molecule has 0 atom stereocenters. The van der Waals surface area contributed by atoms with Crippen LogP contribution in [-0.2, 0) is 0 Å². The Morgan fingerprint density at radius 3 is 2.88 bits per heavy atom. The number of ketones is 1. The van der Waals surface area contributed by atoms with E-state index in [-0.39, 0.29) is 11.1 Å². The topological polar surface area (TPSA) is 42.9 Å². The number of hydrogen-bond acceptors (Lipinski definition) is 5. The number of carbonyl (C=O) groups is 1. The number of hydrogen-bond donors (Lipinski definition) is 0. The van der Waals surface area contributed by atoms with Crippen molar-refractivity contribution in [2.75, 3.05) is 0 Å². The van der Waals surface area contributed by atoms with Gasteiger partial charge in [-0.15, -0.1) is 11.3 Å². The zero-order valence-corrected chi connectivity index (χ0v) is 10.8. The van der Waals surface area contributed by atoms with Crippen molar-refractivity contribution in [1.82, 2.24) is 9.97 Å². The van der Waals surface area contributed by atoms with Gasteiger partial charge < -0.3 is 0 Å². The summed E-state index contributed by atoms with van der Waals surface area (Å²) in [6.07, 6.45) is 0. The molecule has 17 heavy (non-hydrogen) atoms. The van der Waals surface area contributed by atoms with Gasteiger partial charge in [0.05, 0.1) is 10.2 Å². The van der Waals surface area contributed by atoms with E-state index < -0.39 is 0 Å². The van der Waals surface area contributed by atoms with Crippen molar-refractivity contribution < 1.29 is 4.79 Å². The second-order valence-electron chi connectivity index (χ2n) is 3.32. The number of thiophene rings is 2. The standard InChI is InChI=1S/C11H5ClN2OS2/c12-11-13-7-2-4-17-10(7)8(14-11)9(15)6-1-3-16-5-6/h1-5H. The van der Waals surface area contributed by atoms with Gasteiger partial charge in [-0.05, 0) is 34.5 Å². The van der Waals surface area contributed by atoms with Crippen LogP contribution in [0.15, 0.2) is 28.3 Å². The molecule has 0 aliphatic rings. The molecular formula is C11H5ClN2OS2. The molecule has 0 saturated heterocycles. The Labute approximate surface area is 110 Å². The Kier molecular flexibility index (Phi) is 2.66. The van der Waals surface area contributed by atoms with Gasteiger partial charge in [0.2, 0.25) is 11.1 Å². The van der Waals surface area contributed by atoms with E-state index in [9.17, 15) is 4.79 Å². The molecule has 0 unspecified atom stereocenters. The van der Waals surface area contributed by atoms with E-state index in [1.54, 1.807) is 11.4 Å². The summed E-state index contributed by atoms with van der Waals surface area (Å²) in [7, 11) is 0. The number of fused-ring (bicyclic) bond motifs is 1. The molecule has 3 aromatic heterocycles. The molecule has 3 nitrogen and oxygen atoms in total. The van der Waals surface area contributed by atoms with Crippen LogP contribution in [0.1, 0.15) is 16.1 Å². The second kappa shape index (κ2) is 4.18. The molecular weight excluding hydrogens is 276 g/mol. The molecule has 3 heterocycles. The molecule has 6 heteroatoms. The van der Waals surface area contributed by atoms with Crippen LogP contribution in [0.5, 0.6) is 0 Å². The Balaban J connectivity index is 2.23. The SMILES string of the molecule is O=C(c1ccsc1)c1nc(Cl)nc2ccsc12. The maximum atomic E-state index is 12.2. The van der Waals surface area contributed by atoms with Crippen LogP contribution < -0.4 is 0 Å². The summed E-state index contributed by atoms with van der Waals surface area (Å²) < 4.78 is 0.783. The Morgan fingerprint density at radius 2 is 2.12 bits per heavy atom. The number of aromatic nitrogens is 2. The highest BCUT2D eigenvalue weighted by atomic mass is 35.5. The average molecular weight is 281 g/mol. The van der Waals surface area contributed by atoms with Crippen LogP contribution in [0, 0.1) is 0 Å². The lowest BCUT2D eigenvalue weighted by Crippen LogP contribution is -2.04.